The first-order valence-electron chi connectivity index (χ1n) is 10.1. The number of anilines is 1. The predicted octanol–water partition coefficient (Wildman–Crippen LogP) is 4.84. The molecule has 1 aliphatic rings. The normalized spacial score (nSPS) is 17.8. The van der Waals surface area contributed by atoms with Gasteiger partial charge in [0.25, 0.3) is 0 Å². The zero-order valence-electron chi connectivity index (χ0n) is 16.9. The molecule has 6 nitrogen and oxygen atoms in total. The van der Waals surface area contributed by atoms with Crippen molar-refractivity contribution in [3.63, 3.8) is 0 Å². The number of benzene rings is 2. The van der Waals surface area contributed by atoms with Crippen LogP contribution in [0.3, 0.4) is 0 Å². The van der Waals surface area contributed by atoms with Crippen molar-refractivity contribution in [1.29, 1.82) is 0 Å². The number of aromatic nitrogens is 3. The monoisotopic (exact) mass is 441 g/mol. The van der Waals surface area contributed by atoms with Gasteiger partial charge in [0.05, 0.1) is 6.04 Å². The van der Waals surface area contributed by atoms with E-state index in [1.165, 1.54) is 11.8 Å². The molecular formula is C22H24ClN5OS. The highest BCUT2D eigenvalue weighted by Gasteiger charge is 2.37. The number of carbonyl (C=O) groups is 1. The third-order valence-electron chi connectivity index (χ3n) is 5.12. The van der Waals surface area contributed by atoms with Gasteiger partial charge in [0, 0.05) is 17.1 Å². The van der Waals surface area contributed by atoms with Crippen molar-refractivity contribution >= 4 is 35.0 Å². The van der Waals surface area contributed by atoms with Crippen LogP contribution in [0, 0.1) is 0 Å². The Kier molecular flexibility index (Phi) is 6.29. The summed E-state index contributed by atoms with van der Waals surface area (Å²) in [6.45, 7) is 4.19. The van der Waals surface area contributed by atoms with E-state index in [9.17, 15) is 4.79 Å². The van der Waals surface area contributed by atoms with Gasteiger partial charge < -0.3 is 10.7 Å². The molecule has 0 bridgehead atoms. The number of hydrogen-bond donors (Lipinski definition) is 2. The Bertz CT molecular complexity index is 1040. The van der Waals surface area contributed by atoms with E-state index in [1.54, 1.807) is 0 Å². The van der Waals surface area contributed by atoms with Crippen molar-refractivity contribution in [2.75, 3.05) is 10.7 Å². The van der Waals surface area contributed by atoms with Gasteiger partial charge in [-0.1, -0.05) is 67.5 Å². The highest BCUT2D eigenvalue weighted by Crippen LogP contribution is 2.38. The predicted molar refractivity (Wildman–Crippen MR) is 122 cm³/mol. The summed E-state index contributed by atoms with van der Waals surface area (Å²) in [6.07, 6.45) is 2.63. The van der Waals surface area contributed by atoms with Crippen LogP contribution in [0.2, 0.25) is 5.02 Å². The highest BCUT2D eigenvalue weighted by atomic mass is 35.5. The second-order valence-corrected chi connectivity index (χ2v) is 8.73. The van der Waals surface area contributed by atoms with Crippen LogP contribution in [-0.2, 0) is 17.6 Å². The van der Waals surface area contributed by atoms with Crippen LogP contribution in [0.1, 0.15) is 43.3 Å². The van der Waals surface area contributed by atoms with Crippen molar-refractivity contribution in [3.8, 4) is 0 Å². The third kappa shape index (κ3) is 4.18. The summed E-state index contributed by atoms with van der Waals surface area (Å²) in [5, 5.41) is 12.7. The maximum atomic E-state index is 13.4. The van der Waals surface area contributed by atoms with Gasteiger partial charge in [-0.2, -0.15) is 0 Å². The number of para-hydroxylation sites is 1. The fourth-order valence-electron chi connectivity index (χ4n) is 3.56. The average molecular weight is 442 g/mol. The largest absolute Gasteiger partial charge is 0.325 e. The van der Waals surface area contributed by atoms with Crippen molar-refractivity contribution in [2.24, 2.45) is 0 Å². The smallest absolute Gasteiger partial charge is 0.240 e. The molecule has 2 heterocycles. The number of aryl methyl sites for hydroxylation is 2. The maximum absolute atomic E-state index is 13.4. The Balaban J connectivity index is 1.67. The minimum atomic E-state index is -0.415. The molecule has 1 aromatic heterocycles. The first-order chi connectivity index (χ1) is 14.6. The highest BCUT2D eigenvalue weighted by molar-refractivity contribution is 8.00. The number of hydrogen-bond acceptors (Lipinski definition) is 5. The maximum Gasteiger partial charge on any atom is 0.240 e. The van der Waals surface area contributed by atoms with Crippen LogP contribution < -0.4 is 10.7 Å². The van der Waals surface area contributed by atoms with Crippen molar-refractivity contribution in [2.45, 2.75) is 49.6 Å². The summed E-state index contributed by atoms with van der Waals surface area (Å²) in [5.74, 6) is 0.800. The van der Waals surface area contributed by atoms with Gasteiger partial charge >= 0.3 is 0 Å². The van der Waals surface area contributed by atoms with Gasteiger partial charge in [-0.3, -0.25) is 4.79 Å². The number of carbonyl (C=O) groups excluding carboxylic acids is 1. The first kappa shape index (κ1) is 20.8. The first-order valence-corrected chi connectivity index (χ1v) is 11.4. The second kappa shape index (κ2) is 9.10. The molecule has 1 aliphatic heterocycles. The van der Waals surface area contributed by atoms with Crippen LogP contribution in [0.15, 0.2) is 53.7 Å². The Labute approximate surface area is 185 Å². The van der Waals surface area contributed by atoms with Gasteiger partial charge in [0.2, 0.25) is 11.1 Å². The summed E-state index contributed by atoms with van der Waals surface area (Å²) < 4.78 is 1.91. The molecule has 0 aliphatic carbocycles. The summed E-state index contributed by atoms with van der Waals surface area (Å²) in [4.78, 5) is 13.4. The van der Waals surface area contributed by atoms with E-state index in [2.05, 4.69) is 34.8 Å². The molecule has 4 rings (SSSR count). The van der Waals surface area contributed by atoms with Crippen LogP contribution in [-0.4, -0.2) is 26.0 Å². The zero-order valence-corrected chi connectivity index (χ0v) is 18.5. The molecule has 1 amide bonds. The number of amides is 1. The number of fused-ring (bicyclic) bond motifs is 1. The number of nitrogens with zero attached hydrogens (tertiary/aromatic N) is 3. The van der Waals surface area contributed by atoms with Crippen molar-refractivity contribution < 1.29 is 4.79 Å². The summed E-state index contributed by atoms with van der Waals surface area (Å²) in [5.41, 5.74) is 6.42. The average Bonchev–Trinajstić information content (AvgIpc) is 3.16. The van der Waals surface area contributed by atoms with E-state index in [1.807, 2.05) is 53.2 Å². The Morgan fingerprint density at radius 1 is 1.17 bits per heavy atom. The molecule has 156 valence electrons. The van der Waals surface area contributed by atoms with Gasteiger partial charge in [0.15, 0.2) is 5.82 Å². The SMILES string of the molecule is CCCc1nnc2n1NC(c1ccc(Cl)cc1)C(C(=O)Nc1ccccc1CC)S2. The summed E-state index contributed by atoms with van der Waals surface area (Å²) in [6, 6.07) is 15.2. The van der Waals surface area contributed by atoms with E-state index >= 15 is 0 Å². The topological polar surface area (TPSA) is 71.8 Å². The standard InChI is InChI=1S/C22H24ClN5OS/c1-3-7-18-25-26-22-28(18)27-19(15-10-12-16(23)13-11-15)20(30-22)21(29)24-17-9-6-5-8-14(17)4-2/h5-6,8-13,19-20,27H,3-4,7H2,1-2H3,(H,24,29). The second-order valence-electron chi connectivity index (χ2n) is 7.18. The van der Waals surface area contributed by atoms with E-state index in [4.69, 9.17) is 11.6 Å². The molecule has 0 saturated carbocycles. The van der Waals surface area contributed by atoms with Gasteiger partial charge in [-0.15, -0.1) is 10.2 Å². The lowest BCUT2D eigenvalue weighted by Gasteiger charge is -2.33. The van der Waals surface area contributed by atoms with Crippen LogP contribution in [0.5, 0.6) is 0 Å². The fraction of sp³-hybridized carbons (Fsp3) is 0.318. The third-order valence-corrected chi connectivity index (χ3v) is 6.59. The Morgan fingerprint density at radius 3 is 2.67 bits per heavy atom. The minimum Gasteiger partial charge on any atom is -0.325 e. The van der Waals surface area contributed by atoms with Gasteiger partial charge in [-0.05, 0) is 42.2 Å². The zero-order chi connectivity index (χ0) is 21.1. The molecule has 0 spiro atoms. The number of thioether (sulfide) groups is 1. The van der Waals surface area contributed by atoms with Gasteiger partial charge in [0.1, 0.15) is 5.25 Å². The van der Waals surface area contributed by atoms with E-state index in [0.29, 0.717) is 10.2 Å². The molecule has 2 aromatic carbocycles. The molecule has 8 heteroatoms. The molecule has 2 atom stereocenters. The summed E-state index contributed by atoms with van der Waals surface area (Å²) in [7, 11) is 0. The Hall–Kier alpha value is -2.51. The fourth-order valence-corrected chi connectivity index (χ4v) is 4.78. The molecule has 3 aromatic rings. The van der Waals surface area contributed by atoms with Crippen LogP contribution in [0.25, 0.3) is 0 Å². The molecule has 0 fully saturated rings. The van der Waals surface area contributed by atoms with Crippen LogP contribution in [0.4, 0.5) is 5.69 Å². The summed E-state index contributed by atoms with van der Waals surface area (Å²) >= 11 is 7.52. The van der Waals surface area contributed by atoms with E-state index in [0.717, 1.165) is 41.9 Å². The number of halogens is 1. The van der Waals surface area contributed by atoms with Crippen molar-refractivity contribution in [1.82, 2.24) is 14.9 Å². The molecule has 0 saturated heterocycles. The van der Waals surface area contributed by atoms with E-state index < -0.39 is 5.25 Å². The molecule has 0 radical (unpaired) electrons. The molecule has 2 unspecified atom stereocenters. The molecule has 2 N–H and O–H groups in total. The minimum absolute atomic E-state index is 0.0698. The van der Waals surface area contributed by atoms with Crippen molar-refractivity contribution in [3.05, 3.63) is 70.5 Å². The lowest BCUT2D eigenvalue weighted by atomic mass is 10.0. The Morgan fingerprint density at radius 2 is 1.93 bits per heavy atom. The lowest BCUT2D eigenvalue weighted by molar-refractivity contribution is -0.116. The van der Waals surface area contributed by atoms with Gasteiger partial charge in [-0.25, -0.2) is 4.68 Å². The lowest BCUT2D eigenvalue weighted by Crippen LogP contribution is -2.41. The number of rotatable bonds is 6. The molecule has 30 heavy (non-hydrogen) atoms. The molecular weight excluding hydrogens is 418 g/mol. The quantitative estimate of drug-likeness (QED) is 0.572. The van der Waals surface area contributed by atoms with Crippen LogP contribution >= 0.6 is 23.4 Å². The number of nitrogens with one attached hydrogen (secondary N) is 2. The van der Waals surface area contributed by atoms with E-state index in [-0.39, 0.29) is 11.9 Å².